The van der Waals surface area contributed by atoms with Gasteiger partial charge in [-0.1, -0.05) is 54.6 Å². The number of ketones is 2. The Morgan fingerprint density at radius 1 is 0.783 bits per heavy atom. The standard InChI is InChI=1S/C19H17NO2S/c21-17-15-8-4-5-9-16(15)18(22)19(17,14-6-2-1-3-7-14)20-10-12-23-13-11-20/h1-9H,10-13H2. The lowest BCUT2D eigenvalue weighted by molar-refractivity contribution is 0.0504. The number of benzene rings is 2. The van der Waals surface area contributed by atoms with Crippen LogP contribution in [0.3, 0.4) is 0 Å². The van der Waals surface area contributed by atoms with E-state index < -0.39 is 5.54 Å². The summed E-state index contributed by atoms with van der Waals surface area (Å²) >= 11 is 1.87. The number of hydrogen-bond acceptors (Lipinski definition) is 4. The van der Waals surface area contributed by atoms with Crippen LogP contribution >= 0.6 is 11.8 Å². The highest BCUT2D eigenvalue weighted by atomic mass is 32.2. The smallest absolute Gasteiger partial charge is 0.196 e. The fraction of sp³-hybridized carbons (Fsp3) is 0.263. The second-order valence-electron chi connectivity index (χ2n) is 5.88. The third kappa shape index (κ3) is 2.02. The van der Waals surface area contributed by atoms with Crippen molar-refractivity contribution in [2.45, 2.75) is 5.54 Å². The molecule has 0 bridgehead atoms. The monoisotopic (exact) mass is 323 g/mol. The molecule has 1 aliphatic carbocycles. The number of carbonyl (C=O) groups is 2. The predicted octanol–water partition coefficient (Wildman–Crippen LogP) is 3.01. The molecule has 0 atom stereocenters. The highest BCUT2D eigenvalue weighted by Crippen LogP contribution is 2.43. The summed E-state index contributed by atoms with van der Waals surface area (Å²) in [5.74, 6) is 1.75. The van der Waals surface area contributed by atoms with Crippen molar-refractivity contribution in [1.82, 2.24) is 4.90 Å². The average molecular weight is 323 g/mol. The van der Waals surface area contributed by atoms with Gasteiger partial charge in [0, 0.05) is 35.7 Å². The van der Waals surface area contributed by atoms with Gasteiger partial charge in [-0.15, -0.1) is 0 Å². The number of rotatable bonds is 2. The van der Waals surface area contributed by atoms with E-state index in [2.05, 4.69) is 4.90 Å². The summed E-state index contributed by atoms with van der Waals surface area (Å²) in [7, 11) is 0. The lowest BCUT2D eigenvalue weighted by Crippen LogP contribution is -2.56. The Morgan fingerprint density at radius 2 is 1.30 bits per heavy atom. The molecular weight excluding hydrogens is 306 g/mol. The number of Topliss-reactive ketones (excluding diaryl/α,β-unsaturated/α-hetero) is 2. The molecule has 1 heterocycles. The Balaban J connectivity index is 1.94. The van der Waals surface area contributed by atoms with Crippen LogP contribution in [0.25, 0.3) is 0 Å². The minimum Gasteiger partial charge on any atom is -0.291 e. The molecule has 2 aromatic rings. The molecule has 2 aliphatic rings. The molecule has 0 amide bonds. The summed E-state index contributed by atoms with van der Waals surface area (Å²) in [6.45, 7) is 1.51. The van der Waals surface area contributed by atoms with E-state index in [1.54, 1.807) is 12.1 Å². The molecule has 1 fully saturated rings. The van der Waals surface area contributed by atoms with Crippen LogP contribution in [0.15, 0.2) is 54.6 Å². The number of thioether (sulfide) groups is 1. The molecule has 1 saturated heterocycles. The van der Waals surface area contributed by atoms with Crippen LogP contribution in [0.1, 0.15) is 26.3 Å². The van der Waals surface area contributed by atoms with Gasteiger partial charge in [0.1, 0.15) is 0 Å². The van der Waals surface area contributed by atoms with E-state index in [-0.39, 0.29) is 11.6 Å². The Labute approximate surface area is 139 Å². The van der Waals surface area contributed by atoms with Gasteiger partial charge in [-0.2, -0.15) is 11.8 Å². The van der Waals surface area contributed by atoms with Crippen LogP contribution in [0.4, 0.5) is 0 Å². The molecule has 4 heteroatoms. The van der Waals surface area contributed by atoms with E-state index in [4.69, 9.17) is 0 Å². The maximum atomic E-state index is 13.4. The molecule has 0 aromatic heterocycles. The predicted molar refractivity (Wildman–Crippen MR) is 92.1 cm³/mol. The fourth-order valence-electron chi connectivity index (χ4n) is 3.68. The van der Waals surface area contributed by atoms with E-state index in [0.29, 0.717) is 11.1 Å². The van der Waals surface area contributed by atoms with Crippen molar-refractivity contribution in [1.29, 1.82) is 0 Å². The van der Waals surface area contributed by atoms with Gasteiger partial charge in [0.2, 0.25) is 0 Å². The summed E-state index contributed by atoms with van der Waals surface area (Å²) in [5.41, 5.74) is 0.726. The van der Waals surface area contributed by atoms with Crippen LogP contribution in [0.5, 0.6) is 0 Å². The fourth-order valence-corrected chi connectivity index (χ4v) is 4.59. The van der Waals surface area contributed by atoms with Crippen molar-refractivity contribution in [2.24, 2.45) is 0 Å². The Bertz CT molecular complexity index is 731. The molecule has 0 spiro atoms. The van der Waals surface area contributed by atoms with Gasteiger partial charge in [0.25, 0.3) is 0 Å². The van der Waals surface area contributed by atoms with Crippen molar-refractivity contribution in [3.05, 3.63) is 71.3 Å². The normalized spacial score (nSPS) is 20.5. The first-order chi connectivity index (χ1) is 11.3. The van der Waals surface area contributed by atoms with Crippen LogP contribution in [0.2, 0.25) is 0 Å². The molecular formula is C19H17NO2S. The van der Waals surface area contributed by atoms with Gasteiger partial charge >= 0.3 is 0 Å². The van der Waals surface area contributed by atoms with Gasteiger partial charge in [0.05, 0.1) is 0 Å². The number of nitrogens with zero attached hydrogens (tertiary/aromatic N) is 1. The van der Waals surface area contributed by atoms with E-state index in [9.17, 15) is 9.59 Å². The summed E-state index contributed by atoms with van der Waals surface area (Å²) < 4.78 is 0. The molecule has 4 rings (SSSR count). The molecule has 0 N–H and O–H groups in total. The third-order valence-electron chi connectivity index (χ3n) is 4.75. The van der Waals surface area contributed by atoms with E-state index >= 15 is 0 Å². The van der Waals surface area contributed by atoms with Gasteiger partial charge in [-0.25, -0.2) is 0 Å². The number of carbonyl (C=O) groups excluding carboxylic acids is 2. The number of fused-ring (bicyclic) bond motifs is 1. The molecule has 0 saturated carbocycles. The molecule has 2 aromatic carbocycles. The van der Waals surface area contributed by atoms with Crippen molar-refractivity contribution < 1.29 is 9.59 Å². The van der Waals surface area contributed by atoms with E-state index in [1.807, 2.05) is 54.2 Å². The first kappa shape index (κ1) is 14.7. The molecule has 0 unspecified atom stereocenters. The minimum absolute atomic E-state index is 0.0730. The van der Waals surface area contributed by atoms with Crippen molar-refractivity contribution >= 4 is 23.3 Å². The Kier molecular flexibility index (Phi) is 3.58. The van der Waals surface area contributed by atoms with Gasteiger partial charge in [-0.3, -0.25) is 14.5 Å². The van der Waals surface area contributed by atoms with Crippen LogP contribution in [-0.4, -0.2) is 41.1 Å². The third-order valence-corrected chi connectivity index (χ3v) is 5.69. The highest BCUT2D eigenvalue weighted by molar-refractivity contribution is 7.99. The zero-order chi connectivity index (χ0) is 15.9. The summed E-state index contributed by atoms with van der Waals surface area (Å²) in [4.78, 5) is 28.8. The summed E-state index contributed by atoms with van der Waals surface area (Å²) in [6, 6.07) is 16.7. The molecule has 116 valence electrons. The van der Waals surface area contributed by atoms with E-state index in [1.165, 1.54) is 0 Å². The summed E-state index contributed by atoms with van der Waals surface area (Å²) in [6.07, 6.45) is 0. The van der Waals surface area contributed by atoms with Crippen LogP contribution < -0.4 is 0 Å². The van der Waals surface area contributed by atoms with Gasteiger partial charge in [0.15, 0.2) is 17.1 Å². The van der Waals surface area contributed by atoms with Crippen molar-refractivity contribution in [3.63, 3.8) is 0 Å². The van der Waals surface area contributed by atoms with Gasteiger partial charge < -0.3 is 0 Å². The quantitative estimate of drug-likeness (QED) is 0.796. The average Bonchev–Trinajstić information content (AvgIpc) is 2.86. The lowest BCUT2D eigenvalue weighted by atomic mass is 9.83. The Morgan fingerprint density at radius 3 is 1.87 bits per heavy atom. The molecule has 1 aliphatic heterocycles. The Hall–Kier alpha value is -1.91. The van der Waals surface area contributed by atoms with Gasteiger partial charge in [-0.05, 0) is 5.56 Å². The maximum Gasteiger partial charge on any atom is 0.196 e. The van der Waals surface area contributed by atoms with Crippen molar-refractivity contribution in [3.8, 4) is 0 Å². The van der Waals surface area contributed by atoms with Crippen LogP contribution in [0, 0.1) is 0 Å². The minimum atomic E-state index is -1.17. The topological polar surface area (TPSA) is 37.4 Å². The number of hydrogen-bond donors (Lipinski definition) is 0. The molecule has 23 heavy (non-hydrogen) atoms. The zero-order valence-corrected chi connectivity index (χ0v) is 13.5. The van der Waals surface area contributed by atoms with E-state index in [0.717, 1.165) is 30.2 Å². The first-order valence-electron chi connectivity index (χ1n) is 7.83. The first-order valence-corrected chi connectivity index (χ1v) is 8.98. The zero-order valence-electron chi connectivity index (χ0n) is 12.7. The lowest BCUT2D eigenvalue weighted by Gasteiger charge is -2.40. The molecule has 0 radical (unpaired) electrons. The summed E-state index contributed by atoms with van der Waals surface area (Å²) in [5, 5.41) is 0. The van der Waals surface area contributed by atoms with Crippen LogP contribution in [-0.2, 0) is 5.54 Å². The SMILES string of the molecule is O=C1c2ccccc2C(=O)C1(c1ccccc1)N1CCSCC1. The second-order valence-corrected chi connectivity index (χ2v) is 7.10. The molecule has 3 nitrogen and oxygen atoms in total. The largest absolute Gasteiger partial charge is 0.291 e. The highest BCUT2D eigenvalue weighted by Gasteiger charge is 2.57. The second kappa shape index (κ2) is 5.62. The maximum absolute atomic E-state index is 13.4. The van der Waals surface area contributed by atoms with Crippen molar-refractivity contribution in [2.75, 3.05) is 24.6 Å².